The third-order valence-electron chi connectivity index (χ3n) is 6.23. The number of fused-ring (bicyclic) bond motifs is 1. The van der Waals surface area contributed by atoms with E-state index in [0.29, 0.717) is 55.7 Å². The second-order valence-corrected chi connectivity index (χ2v) is 8.67. The maximum atomic E-state index is 13.5. The van der Waals surface area contributed by atoms with Crippen LogP contribution >= 0.6 is 0 Å². The number of carbonyl (C=O) groups excluding carboxylic acids is 1. The summed E-state index contributed by atoms with van der Waals surface area (Å²) in [5.74, 6) is 0.188. The highest BCUT2D eigenvalue weighted by Gasteiger charge is 2.31. The molecule has 0 spiro atoms. The average Bonchev–Trinajstić information content (AvgIpc) is 3.11. The van der Waals surface area contributed by atoms with E-state index in [4.69, 9.17) is 0 Å². The molecule has 186 valence electrons. The van der Waals surface area contributed by atoms with Crippen LogP contribution in [-0.2, 0) is 12.7 Å². The number of alkyl halides is 3. The molecule has 1 fully saturated rings. The van der Waals surface area contributed by atoms with Gasteiger partial charge in [0.25, 0.3) is 11.5 Å². The number of carbonyl (C=O) groups is 1. The van der Waals surface area contributed by atoms with E-state index in [-0.39, 0.29) is 17.2 Å². The van der Waals surface area contributed by atoms with Gasteiger partial charge in [0.05, 0.1) is 10.9 Å². The zero-order chi connectivity index (χ0) is 25.0. The molecule has 7 nitrogen and oxygen atoms in total. The third-order valence-corrected chi connectivity index (χ3v) is 6.23. The Morgan fingerprint density at radius 3 is 2.46 bits per heavy atom. The second-order valence-electron chi connectivity index (χ2n) is 8.67. The molecule has 1 amide bonds. The summed E-state index contributed by atoms with van der Waals surface area (Å²) in [4.78, 5) is 34.0. The lowest BCUT2D eigenvalue weighted by Gasteiger charge is -2.23. The highest BCUT2D eigenvalue weighted by molar-refractivity contribution is 6.04. The van der Waals surface area contributed by atoms with Crippen molar-refractivity contribution in [2.45, 2.75) is 45.3 Å². The number of amides is 1. The second kappa shape index (κ2) is 10.5. The number of aryl methyl sites for hydroxylation is 1. The monoisotopic (exact) mass is 487 g/mol. The number of halogens is 3. The molecule has 0 saturated carbocycles. The molecule has 1 aromatic carbocycles. The molecule has 1 aliphatic heterocycles. The van der Waals surface area contributed by atoms with E-state index in [1.165, 1.54) is 10.7 Å². The number of unbranched alkanes of at least 4 members (excludes halogenated alkanes) is 2. The molecule has 3 aromatic rings. The summed E-state index contributed by atoms with van der Waals surface area (Å²) in [5.41, 5.74) is -0.749. The lowest BCUT2D eigenvalue weighted by Crippen LogP contribution is -2.37. The van der Waals surface area contributed by atoms with Gasteiger partial charge in [0.1, 0.15) is 5.82 Å². The SMILES string of the molecule is CCCCCn1nc(C(=O)N2CCCN(c3ccc(C(F)(F)F)cn3)CC2)c2ccccc2c1=O. The van der Waals surface area contributed by atoms with Crippen LogP contribution in [0.3, 0.4) is 0 Å². The zero-order valence-electron chi connectivity index (χ0n) is 19.6. The molecule has 0 aliphatic carbocycles. The van der Waals surface area contributed by atoms with Crippen LogP contribution in [0.4, 0.5) is 19.0 Å². The van der Waals surface area contributed by atoms with Gasteiger partial charge in [-0.1, -0.05) is 38.0 Å². The van der Waals surface area contributed by atoms with E-state index < -0.39 is 11.7 Å². The fourth-order valence-electron chi connectivity index (χ4n) is 4.30. The number of benzene rings is 1. The van der Waals surface area contributed by atoms with E-state index in [9.17, 15) is 22.8 Å². The van der Waals surface area contributed by atoms with Gasteiger partial charge in [-0.2, -0.15) is 18.3 Å². The number of hydrogen-bond donors (Lipinski definition) is 0. The van der Waals surface area contributed by atoms with Gasteiger partial charge >= 0.3 is 6.18 Å². The number of rotatable bonds is 6. The molecular formula is C25H28F3N5O2. The molecule has 1 saturated heterocycles. The molecule has 35 heavy (non-hydrogen) atoms. The Morgan fingerprint density at radius 2 is 1.77 bits per heavy atom. The van der Waals surface area contributed by atoms with Crippen LogP contribution in [0.25, 0.3) is 10.8 Å². The van der Waals surface area contributed by atoms with Crippen molar-refractivity contribution in [3.8, 4) is 0 Å². The van der Waals surface area contributed by atoms with E-state index in [0.717, 1.165) is 31.5 Å². The number of aromatic nitrogens is 3. The Kier molecular flexibility index (Phi) is 7.37. The van der Waals surface area contributed by atoms with E-state index in [2.05, 4.69) is 17.0 Å². The first-order valence-corrected chi connectivity index (χ1v) is 11.9. The van der Waals surface area contributed by atoms with Crippen LogP contribution in [0.5, 0.6) is 0 Å². The molecule has 0 N–H and O–H groups in total. The standard InChI is InChI=1S/C25H28F3N5O2/c1-2-3-6-14-33-23(34)20-9-5-4-8-19(20)22(30-33)24(35)32-13-7-12-31(15-16-32)21-11-10-18(17-29-21)25(26,27)28/h4-5,8-11,17H,2-3,6-7,12-16H2,1H3. The summed E-state index contributed by atoms with van der Waals surface area (Å²) >= 11 is 0. The first kappa shape index (κ1) is 24.7. The molecule has 1 aliphatic rings. The topological polar surface area (TPSA) is 71.3 Å². The Balaban J connectivity index is 1.55. The van der Waals surface area contributed by atoms with Crippen molar-refractivity contribution in [2.75, 3.05) is 31.1 Å². The Bertz CT molecular complexity index is 1240. The van der Waals surface area contributed by atoms with Gasteiger partial charge < -0.3 is 9.80 Å². The molecular weight excluding hydrogens is 459 g/mol. The normalized spacial score (nSPS) is 14.9. The van der Waals surface area contributed by atoms with Crippen LogP contribution < -0.4 is 10.5 Å². The molecule has 10 heteroatoms. The molecule has 0 bridgehead atoms. The van der Waals surface area contributed by atoms with Gasteiger partial charge in [-0.25, -0.2) is 9.67 Å². The van der Waals surface area contributed by atoms with Gasteiger partial charge in [-0.15, -0.1) is 0 Å². The first-order valence-electron chi connectivity index (χ1n) is 11.9. The smallest absolute Gasteiger partial charge is 0.355 e. The molecule has 0 unspecified atom stereocenters. The number of anilines is 1. The van der Waals surface area contributed by atoms with E-state index in [1.54, 1.807) is 29.2 Å². The number of hydrogen-bond acceptors (Lipinski definition) is 5. The zero-order valence-corrected chi connectivity index (χ0v) is 19.6. The van der Waals surface area contributed by atoms with Crippen LogP contribution in [-0.4, -0.2) is 51.8 Å². The molecule has 3 heterocycles. The Morgan fingerprint density at radius 1 is 1.00 bits per heavy atom. The molecule has 4 rings (SSSR count). The number of pyridine rings is 1. The van der Waals surface area contributed by atoms with E-state index in [1.807, 2.05) is 4.90 Å². The summed E-state index contributed by atoms with van der Waals surface area (Å²) in [6.45, 7) is 4.36. The lowest BCUT2D eigenvalue weighted by molar-refractivity contribution is -0.137. The van der Waals surface area contributed by atoms with Crippen molar-refractivity contribution in [1.82, 2.24) is 19.7 Å². The van der Waals surface area contributed by atoms with Crippen molar-refractivity contribution in [3.05, 3.63) is 64.2 Å². The highest BCUT2D eigenvalue weighted by Crippen LogP contribution is 2.29. The van der Waals surface area contributed by atoms with Crippen LogP contribution in [0, 0.1) is 0 Å². The van der Waals surface area contributed by atoms with Gasteiger partial charge in [0.2, 0.25) is 0 Å². The van der Waals surface area contributed by atoms with Crippen LogP contribution in [0.2, 0.25) is 0 Å². The summed E-state index contributed by atoms with van der Waals surface area (Å²) in [6.07, 6.45) is -0.204. The predicted molar refractivity (Wildman–Crippen MR) is 128 cm³/mol. The van der Waals surface area contributed by atoms with Gasteiger partial charge in [-0.05, 0) is 31.0 Å². The van der Waals surface area contributed by atoms with Crippen LogP contribution in [0.1, 0.15) is 48.7 Å². The van der Waals surface area contributed by atoms with Crippen molar-refractivity contribution in [1.29, 1.82) is 0 Å². The Hall–Kier alpha value is -3.43. The first-order chi connectivity index (χ1) is 16.8. The molecule has 0 radical (unpaired) electrons. The third kappa shape index (κ3) is 5.47. The van der Waals surface area contributed by atoms with Crippen molar-refractivity contribution < 1.29 is 18.0 Å². The summed E-state index contributed by atoms with van der Waals surface area (Å²) < 4.78 is 40.0. The fourth-order valence-corrected chi connectivity index (χ4v) is 4.30. The summed E-state index contributed by atoms with van der Waals surface area (Å²) in [5, 5.41) is 5.46. The summed E-state index contributed by atoms with van der Waals surface area (Å²) in [7, 11) is 0. The van der Waals surface area contributed by atoms with Gasteiger partial charge in [-0.3, -0.25) is 9.59 Å². The average molecular weight is 488 g/mol. The largest absolute Gasteiger partial charge is 0.417 e. The van der Waals surface area contributed by atoms with Gasteiger partial charge in [0.15, 0.2) is 5.69 Å². The number of nitrogens with zero attached hydrogens (tertiary/aromatic N) is 5. The maximum Gasteiger partial charge on any atom is 0.417 e. The summed E-state index contributed by atoms with van der Waals surface area (Å²) in [6, 6.07) is 9.39. The van der Waals surface area contributed by atoms with Crippen molar-refractivity contribution >= 4 is 22.5 Å². The lowest BCUT2D eigenvalue weighted by atomic mass is 10.1. The highest BCUT2D eigenvalue weighted by atomic mass is 19.4. The fraction of sp³-hybridized carbons (Fsp3) is 0.440. The van der Waals surface area contributed by atoms with E-state index >= 15 is 0 Å². The molecule has 0 atom stereocenters. The van der Waals surface area contributed by atoms with Crippen LogP contribution in [0.15, 0.2) is 47.4 Å². The minimum Gasteiger partial charge on any atom is -0.355 e. The molecule has 2 aromatic heterocycles. The Labute approximate surface area is 201 Å². The minimum absolute atomic E-state index is 0.205. The van der Waals surface area contributed by atoms with Crippen molar-refractivity contribution in [3.63, 3.8) is 0 Å². The maximum absolute atomic E-state index is 13.5. The van der Waals surface area contributed by atoms with Gasteiger partial charge in [0, 0.05) is 44.3 Å². The predicted octanol–water partition coefficient (Wildman–Crippen LogP) is 4.35. The minimum atomic E-state index is -4.43. The van der Waals surface area contributed by atoms with Crippen molar-refractivity contribution in [2.24, 2.45) is 0 Å². The quantitative estimate of drug-likeness (QED) is 0.484.